The fourth-order valence-electron chi connectivity index (χ4n) is 1.48. The third-order valence-electron chi connectivity index (χ3n) is 2.76. The number of aryl methyl sites for hydroxylation is 1. The first-order chi connectivity index (χ1) is 8.91. The molecule has 2 N–H and O–H groups in total. The zero-order valence-electron chi connectivity index (χ0n) is 10.1. The SMILES string of the molecule is Cc1[nH]nc(NC(=O)c2ccc(F)c(F)c2F)c1C. The number of carbonyl (C=O) groups excluding carboxylic acids is 1. The van der Waals surface area contributed by atoms with Gasteiger partial charge in [0.15, 0.2) is 23.3 Å². The molecule has 0 atom stereocenters. The minimum Gasteiger partial charge on any atom is -0.305 e. The number of amides is 1. The van der Waals surface area contributed by atoms with Crippen LogP contribution in [0, 0.1) is 31.3 Å². The second-order valence-electron chi connectivity index (χ2n) is 4.00. The lowest BCUT2D eigenvalue weighted by atomic mass is 10.2. The Morgan fingerprint density at radius 2 is 1.89 bits per heavy atom. The van der Waals surface area contributed by atoms with Gasteiger partial charge in [-0.2, -0.15) is 5.10 Å². The van der Waals surface area contributed by atoms with Crippen LogP contribution in [0.3, 0.4) is 0 Å². The number of nitrogens with one attached hydrogen (secondary N) is 2. The number of anilines is 1. The molecule has 0 radical (unpaired) electrons. The summed E-state index contributed by atoms with van der Waals surface area (Å²) in [7, 11) is 0. The highest BCUT2D eigenvalue weighted by molar-refractivity contribution is 6.04. The Labute approximate surface area is 106 Å². The summed E-state index contributed by atoms with van der Waals surface area (Å²) in [5.41, 5.74) is 0.830. The van der Waals surface area contributed by atoms with Gasteiger partial charge >= 0.3 is 0 Å². The molecular weight excluding hydrogens is 259 g/mol. The van der Waals surface area contributed by atoms with Crippen LogP contribution < -0.4 is 5.32 Å². The van der Waals surface area contributed by atoms with Crippen LogP contribution in [-0.4, -0.2) is 16.1 Å². The molecular formula is C12H10F3N3O. The normalized spacial score (nSPS) is 10.6. The molecule has 0 saturated heterocycles. The second-order valence-corrected chi connectivity index (χ2v) is 4.00. The summed E-state index contributed by atoms with van der Waals surface area (Å²) in [6.45, 7) is 3.45. The lowest BCUT2D eigenvalue weighted by molar-refractivity contribution is 0.102. The summed E-state index contributed by atoms with van der Waals surface area (Å²) >= 11 is 0. The Hall–Kier alpha value is -2.31. The van der Waals surface area contributed by atoms with E-state index in [4.69, 9.17) is 0 Å². The van der Waals surface area contributed by atoms with Gasteiger partial charge in [0.25, 0.3) is 5.91 Å². The molecule has 1 amide bonds. The first kappa shape index (κ1) is 13.1. The van der Waals surface area contributed by atoms with E-state index in [-0.39, 0.29) is 5.82 Å². The summed E-state index contributed by atoms with van der Waals surface area (Å²) in [6, 6.07) is 1.56. The van der Waals surface area contributed by atoms with Gasteiger partial charge in [0, 0.05) is 11.3 Å². The van der Waals surface area contributed by atoms with Crippen molar-refractivity contribution >= 4 is 11.7 Å². The molecule has 2 aromatic rings. The quantitative estimate of drug-likeness (QED) is 0.823. The van der Waals surface area contributed by atoms with Crippen molar-refractivity contribution in [3.05, 3.63) is 46.4 Å². The highest BCUT2D eigenvalue weighted by atomic mass is 19.2. The van der Waals surface area contributed by atoms with Gasteiger partial charge in [-0.3, -0.25) is 9.89 Å². The van der Waals surface area contributed by atoms with E-state index in [0.717, 1.165) is 11.8 Å². The van der Waals surface area contributed by atoms with E-state index in [1.54, 1.807) is 13.8 Å². The maximum atomic E-state index is 13.4. The smallest absolute Gasteiger partial charge is 0.259 e. The first-order valence-electron chi connectivity index (χ1n) is 5.38. The van der Waals surface area contributed by atoms with Gasteiger partial charge in [0.2, 0.25) is 0 Å². The minimum atomic E-state index is -1.68. The van der Waals surface area contributed by atoms with Gasteiger partial charge in [-0.25, -0.2) is 13.2 Å². The van der Waals surface area contributed by atoms with Crippen molar-refractivity contribution in [1.29, 1.82) is 0 Å². The zero-order chi connectivity index (χ0) is 14.2. The van der Waals surface area contributed by atoms with Crippen LogP contribution in [0.1, 0.15) is 21.6 Å². The third-order valence-corrected chi connectivity index (χ3v) is 2.76. The van der Waals surface area contributed by atoms with Gasteiger partial charge in [-0.1, -0.05) is 0 Å². The molecule has 4 nitrogen and oxygen atoms in total. The molecule has 0 saturated carbocycles. The van der Waals surface area contributed by atoms with Crippen LogP contribution in [0.5, 0.6) is 0 Å². The number of H-pyrrole nitrogens is 1. The number of nitrogens with zero attached hydrogens (tertiary/aromatic N) is 1. The van der Waals surface area contributed by atoms with Gasteiger partial charge in [0.1, 0.15) is 0 Å². The Morgan fingerprint density at radius 3 is 2.47 bits per heavy atom. The lowest BCUT2D eigenvalue weighted by Gasteiger charge is -2.05. The summed E-state index contributed by atoms with van der Waals surface area (Å²) in [5, 5.41) is 8.76. The fraction of sp³-hybridized carbons (Fsp3) is 0.167. The topological polar surface area (TPSA) is 57.8 Å². The molecule has 7 heteroatoms. The summed E-state index contributed by atoms with van der Waals surface area (Å²) in [4.78, 5) is 11.8. The van der Waals surface area contributed by atoms with E-state index < -0.39 is 28.9 Å². The van der Waals surface area contributed by atoms with Crippen molar-refractivity contribution in [2.75, 3.05) is 5.32 Å². The maximum Gasteiger partial charge on any atom is 0.259 e. The molecule has 100 valence electrons. The van der Waals surface area contributed by atoms with Crippen LogP contribution in [0.4, 0.5) is 19.0 Å². The predicted octanol–water partition coefficient (Wildman–Crippen LogP) is 2.70. The van der Waals surface area contributed by atoms with Crippen molar-refractivity contribution < 1.29 is 18.0 Å². The van der Waals surface area contributed by atoms with Gasteiger partial charge < -0.3 is 5.32 Å². The van der Waals surface area contributed by atoms with E-state index in [9.17, 15) is 18.0 Å². The molecule has 1 heterocycles. The molecule has 0 aliphatic heterocycles. The average Bonchev–Trinajstić information content (AvgIpc) is 2.68. The molecule has 0 spiro atoms. The second kappa shape index (κ2) is 4.75. The molecule has 0 aliphatic rings. The Kier molecular flexibility index (Phi) is 3.28. The average molecular weight is 269 g/mol. The number of aromatic amines is 1. The van der Waals surface area contributed by atoms with E-state index in [1.807, 2.05) is 0 Å². The van der Waals surface area contributed by atoms with Gasteiger partial charge in [0.05, 0.1) is 5.56 Å². The fourth-order valence-corrected chi connectivity index (χ4v) is 1.48. The molecule has 0 bridgehead atoms. The number of rotatable bonds is 2. The molecule has 2 rings (SSSR count). The van der Waals surface area contributed by atoms with Crippen molar-refractivity contribution in [2.24, 2.45) is 0 Å². The molecule has 0 fully saturated rings. The van der Waals surface area contributed by atoms with Crippen LogP contribution in [-0.2, 0) is 0 Å². The Balaban J connectivity index is 2.31. The number of hydrogen-bond donors (Lipinski definition) is 2. The summed E-state index contributed by atoms with van der Waals surface area (Å²) in [6.07, 6.45) is 0. The predicted molar refractivity (Wildman–Crippen MR) is 62.3 cm³/mol. The monoisotopic (exact) mass is 269 g/mol. The van der Waals surface area contributed by atoms with Crippen LogP contribution in [0.2, 0.25) is 0 Å². The van der Waals surface area contributed by atoms with Crippen molar-refractivity contribution in [3.63, 3.8) is 0 Å². The maximum absolute atomic E-state index is 13.4. The summed E-state index contributed by atoms with van der Waals surface area (Å²) in [5.74, 6) is -5.23. The minimum absolute atomic E-state index is 0.214. The Morgan fingerprint density at radius 1 is 1.21 bits per heavy atom. The van der Waals surface area contributed by atoms with E-state index in [2.05, 4.69) is 15.5 Å². The third kappa shape index (κ3) is 2.31. The Bertz CT molecular complexity index is 652. The number of aromatic nitrogens is 2. The van der Waals surface area contributed by atoms with E-state index in [0.29, 0.717) is 11.6 Å². The molecule has 0 aliphatic carbocycles. The molecule has 1 aromatic carbocycles. The number of benzene rings is 1. The number of carbonyl (C=O) groups is 1. The van der Waals surface area contributed by atoms with Crippen LogP contribution in [0.25, 0.3) is 0 Å². The number of halogens is 3. The zero-order valence-corrected chi connectivity index (χ0v) is 10.1. The lowest BCUT2D eigenvalue weighted by Crippen LogP contribution is -2.16. The van der Waals surface area contributed by atoms with Crippen molar-refractivity contribution in [3.8, 4) is 0 Å². The molecule has 19 heavy (non-hydrogen) atoms. The van der Waals surface area contributed by atoms with Gasteiger partial charge in [-0.15, -0.1) is 0 Å². The highest BCUT2D eigenvalue weighted by Gasteiger charge is 2.20. The molecule has 0 unspecified atom stereocenters. The van der Waals surface area contributed by atoms with Crippen LogP contribution >= 0.6 is 0 Å². The van der Waals surface area contributed by atoms with Crippen molar-refractivity contribution in [1.82, 2.24) is 10.2 Å². The summed E-state index contributed by atoms with van der Waals surface area (Å²) < 4.78 is 39.2. The van der Waals surface area contributed by atoms with Crippen molar-refractivity contribution in [2.45, 2.75) is 13.8 Å². The van der Waals surface area contributed by atoms with Crippen LogP contribution in [0.15, 0.2) is 12.1 Å². The van der Waals surface area contributed by atoms with E-state index in [1.165, 1.54) is 0 Å². The van der Waals surface area contributed by atoms with E-state index >= 15 is 0 Å². The standard InChI is InChI=1S/C12H10F3N3O/c1-5-6(2)17-18-11(5)16-12(19)7-3-4-8(13)10(15)9(7)14/h3-4H,1-2H3,(H2,16,17,18,19). The number of hydrogen-bond acceptors (Lipinski definition) is 2. The van der Waals surface area contributed by atoms with Gasteiger partial charge in [-0.05, 0) is 26.0 Å². The highest BCUT2D eigenvalue weighted by Crippen LogP contribution is 2.18. The first-order valence-corrected chi connectivity index (χ1v) is 5.38. The molecule has 1 aromatic heterocycles. The largest absolute Gasteiger partial charge is 0.305 e.